The van der Waals surface area contributed by atoms with Crippen molar-refractivity contribution < 1.29 is 41.0 Å². The zero-order chi connectivity index (χ0) is 29.2. The van der Waals surface area contributed by atoms with Gasteiger partial charge in [0.2, 0.25) is 0 Å². The molecule has 3 aliphatic rings. The fourth-order valence-electron chi connectivity index (χ4n) is 7.24. The molecule has 222 valence electrons. The van der Waals surface area contributed by atoms with Gasteiger partial charge in [-0.3, -0.25) is 4.79 Å². The number of hydrogen-bond acceptors (Lipinski definition) is 3. The quantitative estimate of drug-likeness (QED) is 0.166. The highest BCUT2D eigenvalue weighted by Crippen LogP contribution is 2.60. The van der Waals surface area contributed by atoms with Gasteiger partial charge in [0.25, 0.3) is 5.60 Å². The Morgan fingerprint density at radius 3 is 2.44 bits per heavy atom. The van der Waals surface area contributed by atoms with Gasteiger partial charge >= 0.3 is 18.3 Å². The molecule has 0 aromatic rings. The Kier molecular flexibility index (Phi) is 10.2. The molecule has 0 spiro atoms. The molecule has 0 amide bonds. The van der Waals surface area contributed by atoms with Gasteiger partial charge in [-0.1, -0.05) is 66.1 Å². The second kappa shape index (κ2) is 12.3. The van der Waals surface area contributed by atoms with Crippen LogP contribution in [0.3, 0.4) is 0 Å². The number of rotatable bonds is 8. The lowest BCUT2D eigenvalue weighted by atomic mass is 9.60. The molecular formula is C29H39BrF6O3. The first-order chi connectivity index (χ1) is 18.0. The van der Waals surface area contributed by atoms with E-state index < -0.39 is 24.4 Å². The zero-order valence-electron chi connectivity index (χ0n) is 22.6. The lowest BCUT2D eigenvalue weighted by Crippen LogP contribution is -2.56. The molecule has 10 heteroatoms. The van der Waals surface area contributed by atoms with Gasteiger partial charge in [0.1, 0.15) is 11.4 Å². The molecule has 0 aromatic heterocycles. The van der Waals surface area contributed by atoms with E-state index in [4.69, 9.17) is 4.74 Å². The largest absolute Gasteiger partial charge is 0.461 e. The SMILES string of the molecule is C=C1CC[C@H](OC(=O)CBr)C/C1=C/C=C1\CCC[C@@]2(C)C1CC[C@@H]2C(C)CCCC(O)(C(F)(F)F)C(F)(F)F. The van der Waals surface area contributed by atoms with Crippen LogP contribution in [0.1, 0.15) is 84.5 Å². The maximum atomic E-state index is 13.1. The molecule has 2 unspecified atom stereocenters. The van der Waals surface area contributed by atoms with Gasteiger partial charge in [-0.15, -0.1) is 0 Å². The molecule has 5 atom stereocenters. The Balaban J connectivity index is 1.68. The molecule has 0 aromatic carbocycles. The molecule has 0 saturated heterocycles. The Morgan fingerprint density at radius 2 is 1.82 bits per heavy atom. The number of ether oxygens (including phenoxy) is 1. The van der Waals surface area contributed by atoms with Crippen molar-refractivity contribution in [3.8, 4) is 0 Å². The van der Waals surface area contributed by atoms with E-state index in [1.807, 2.05) is 6.92 Å². The van der Waals surface area contributed by atoms with Gasteiger partial charge in [-0.25, -0.2) is 0 Å². The van der Waals surface area contributed by atoms with Gasteiger partial charge < -0.3 is 9.84 Å². The second-order valence-electron chi connectivity index (χ2n) is 11.8. The maximum Gasteiger partial charge on any atom is 0.426 e. The van der Waals surface area contributed by atoms with Crippen molar-refractivity contribution in [1.29, 1.82) is 0 Å². The molecule has 3 rings (SSSR count). The molecular weight excluding hydrogens is 590 g/mol. The van der Waals surface area contributed by atoms with E-state index in [0.29, 0.717) is 12.3 Å². The van der Waals surface area contributed by atoms with Crippen LogP contribution in [0.2, 0.25) is 0 Å². The average molecular weight is 630 g/mol. The molecule has 0 bridgehead atoms. The number of esters is 1. The van der Waals surface area contributed by atoms with Gasteiger partial charge in [-0.05, 0) is 86.5 Å². The Labute approximate surface area is 235 Å². The summed E-state index contributed by atoms with van der Waals surface area (Å²) in [6, 6.07) is 0. The third-order valence-electron chi connectivity index (χ3n) is 9.44. The summed E-state index contributed by atoms with van der Waals surface area (Å²) < 4.78 is 83.9. The molecule has 0 aliphatic heterocycles. The van der Waals surface area contributed by atoms with Crippen LogP contribution < -0.4 is 0 Å². The first-order valence-electron chi connectivity index (χ1n) is 13.7. The number of allylic oxidation sites excluding steroid dienone is 4. The number of halogens is 7. The molecule has 3 saturated carbocycles. The first kappa shape index (κ1) is 32.2. The minimum atomic E-state index is -5.77. The number of carbonyl (C=O) groups is 1. The molecule has 1 N–H and O–H groups in total. The minimum absolute atomic E-state index is 0.0635. The second-order valence-corrected chi connectivity index (χ2v) is 12.4. The summed E-state index contributed by atoms with van der Waals surface area (Å²) in [7, 11) is 0. The van der Waals surface area contributed by atoms with Crippen molar-refractivity contribution in [1.82, 2.24) is 0 Å². The van der Waals surface area contributed by atoms with E-state index in [-0.39, 0.29) is 47.5 Å². The third kappa shape index (κ3) is 6.96. The van der Waals surface area contributed by atoms with Crippen molar-refractivity contribution >= 4 is 21.9 Å². The molecule has 3 aliphatic carbocycles. The lowest BCUT2D eigenvalue weighted by Gasteiger charge is -2.44. The van der Waals surface area contributed by atoms with Crippen molar-refractivity contribution in [3.05, 3.63) is 35.5 Å². The van der Waals surface area contributed by atoms with Crippen LogP contribution in [0.4, 0.5) is 26.3 Å². The average Bonchev–Trinajstić information content (AvgIpc) is 3.20. The zero-order valence-corrected chi connectivity index (χ0v) is 24.2. The summed E-state index contributed by atoms with van der Waals surface area (Å²) in [5, 5.41) is 9.65. The van der Waals surface area contributed by atoms with E-state index >= 15 is 0 Å². The number of alkyl halides is 7. The number of fused-ring (bicyclic) bond motifs is 1. The van der Waals surface area contributed by atoms with Crippen LogP contribution in [0.5, 0.6) is 0 Å². The summed E-state index contributed by atoms with van der Waals surface area (Å²) in [6.45, 7) is 8.31. The van der Waals surface area contributed by atoms with Crippen LogP contribution in [-0.4, -0.2) is 40.5 Å². The van der Waals surface area contributed by atoms with Gasteiger partial charge in [0.05, 0.1) is 0 Å². The summed E-state index contributed by atoms with van der Waals surface area (Å²) in [4.78, 5) is 11.7. The highest BCUT2D eigenvalue weighted by molar-refractivity contribution is 9.09. The summed E-state index contributed by atoms with van der Waals surface area (Å²) in [6.07, 6.45) is -2.20. The first-order valence-corrected chi connectivity index (χ1v) is 14.8. The van der Waals surface area contributed by atoms with E-state index in [1.165, 1.54) is 5.57 Å². The topological polar surface area (TPSA) is 46.5 Å². The Bertz CT molecular complexity index is 955. The van der Waals surface area contributed by atoms with Gasteiger partial charge in [0.15, 0.2) is 0 Å². The highest BCUT2D eigenvalue weighted by Gasteiger charge is 2.69. The smallest absolute Gasteiger partial charge is 0.426 e. The predicted molar refractivity (Wildman–Crippen MR) is 141 cm³/mol. The van der Waals surface area contributed by atoms with E-state index in [2.05, 4.69) is 41.6 Å². The highest BCUT2D eigenvalue weighted by atomic mass is 79.9. The Hall–Kier alpha value is -1.29. The van der Waals surface area contributed by atoms with Crippen LogP contribution in [0.15, 0.2) is 35.5 Å². The predicted octanol–water partition coefficient (Wildman–Crippen LogP) is 8.76. The van der Waals surface area contributed by atoms with E-state index in [1.54, 1.807) is 0 Å². The fraction of sp³-hybridized carbons (Fsp3) is 0.759. The molecule has 39 heavy (non-hydrogen) atoms. The Morgan fingerprint density at radius 1 is 1.15 bits per heavy atom. The third-order valence-corrected chi connectivity index (χ3v) is 9.89. The standard InChI is InChI=1S/C29H39BrF6O3/c1-18-8-11-22(39-25(37)17-30)16-21(18)10-9-20-7-5-14-26(3)23(12-13-24(20)26)19(2)6-4-15-27(38,28(31,32)33)29(34,35)36/h9-10,19,22-24,38H,1,4-8,11-17H2,2-3H3/b20-9+,21-10-/t19?,22-,23+,24?,26+/m0/s1. The summed E-state index contributed by atoms with van der Waals surface area (Å²) in [5.74, 6) is 0.130. The van der Waals surface area contributed by atoms with Crippen molar-refractivity contribution in [2.45, 2.75) is 109 Å². The van der Waals surface area contributed by atoms with Crippen LogP contribution in [0, 0.1) is 23.2 Å². The molecule has 3 fully saturated rings. The summed E-state index contributed by atoms with van der Waals surface area (Å²) in [5.41, 5.74) is -1.33. The maximum absolute atomic E-state index is 13.1. The van der Waals surface area contributed by atoms with Gasteiger partial charge in [0, 0.05) is 6.42 Å². The fourth-order valence-corrected chi connectivity index (χ4v) is 7.37. The van der Waals surface area contributed by atoms with E-state index in [9.17, 15) is 36.2 Å². The van der Waals surface area contributed by atoms with Crippen molar-refractivity contribution in [2.75, 3.05) is 5.33 Å². The van der Waals surface area contributed by atoms with Crippen molar-refractivity contribution in [3.63, 3.8) is 0 Å². The minimum Gasteiger partial charge on any atom is -0.461 e. The van der Waals surface area contributed by atoms with E-state index in [0.717, 1.165) is 56.1 Å². The molecule has 3 nitrogen and oxygen atoms in total. The summed E-state index contributed by atoms with van der Waals surface area (Å²) >= 11 is 3.12. The molecule has 0 radical (unpaired) electrons. The van der Waals surface area contributed by atoms with Crippen LogP contribution in [-0.2, 0) is 9.53 Å². The van der Waals surface area contributed by atoms with Gasteiger partial charge in [-0.2, -0.15) is 26.3 Å². The van der Waals surface area contributed by atoms with Crippen LogP contribution in [0.25, 0.3) is 0 Å². The van der Waals surface area contributed by atoms with Crippen LogP contribution >= 0.6 is 15.9 Å². The molecule has 0 heterocycles. The lowest BCUT2D eigenvalue weighted by molar-refractivity contribution is -0.370. The number of aliphatic hydroxyl groups is 1. The number of hydrogen-bond donors (Lipinski definition) is 1. The van der Waals surface area contributed by atoms with Crippen molar-refractivity contribution in [2.24, 2.45) is 23.2 Å². The normalized spacial score (nSPS) is 31.4. The number of carbonyl (C=O) groups excluding carboxylic acids is 1. The monoisotopic (exact) mass is 628 g/mol.